The minimum absolute atomic E-state index is 0.129. The number of thioether (sulfide) groups is 1. The van der Waals surface area contributed by atoms with Crippen molar-refractivity contribution in [2.45, 2.75) is 16.5 Å². The lowest BCUT2D eigenvalue weighted by Crippen LogP contribution is -2.17. The molecule has 0 saturated heterocycles. The van der Waals surface area contributed by atoms with Crippen LogP contribution in [0.25, 0.3) is 0 Å². The number of rotatable bonds is 8. The number of carbonyl (C=O) groups excluding carboxylic acids is 1. The summed E-state index contributed by atoms with van der Waals surface area (Å²) >= 11 is 3.14. The molecule has 1 aromatic heterocycles. The molecule has 0 aliphatic carbocycles. The zero-order chi connectivity index (χ0) is 21.6. The Morgan fingerprint density at radius 3 is 2.58 bits per heavy atom. The van der Waals surface area contributed by atoms with Crippen molar-refractivity contribution >= 4 is 34.7 Å². The summed E-state index contributed by atoms with van der Waals surface area (Å²) in [7, 11) is 3.27. The van der Waals surface area contributed by atoms with Crippen LogP contribution in [0.2, 0.25) is 0 Å². The van der Waals surface area contributed by atoms with Crippen LogP contribution >= 0.6 is 23.1 Å². The lowest BCUT2D eigenvalue weighted by atomic mass is 10.2. The maximum Gasteiger partial charge on any atom is 0.230 e. The molecule has 1 amide bonds. The van der Waals surface area contributed by atoms with Gasteiger partial charge in [-0.1, -0.05) is 11.8 Å². The first kappa shape index (κ1) is 21.3. The molecule has 0 saturated carbocycles. The molecule has 0 fully saturated rings. The van der Waals surface area contributed by atoms with Crippen molar-refractivity contribution < 1.29 is 23.7 Å². The van der Waals surface area contributed by atoms with Gasteiger partial charge in [-0.25, -0.2) is 4.98 Å². The molecular weight excluding hydrogens is 436 g/mol. The van der Waals surface area contributed by atoms with Gasteiger partial charge in [0, 0.05) is 29.0 Å². The fourth-order valence-corrected chi connectivity index (χ4v) is 4.80. The lowest BCUT2D eigenvalue weighted by Gasteiger charge is -2.18. The van der Waals surface area contributed by atoms with Crippen molar-refractivity contribution in [3.63, 3.8) is 0 Å². The molecule has 7 nitrogen and oxygen atoms in total. The first-order chi connectivity index (χ1) is 15.1. The predicted molar refractivity (Wildman–Crippen MR) is 121 cm³/mol. The van der Waals surface area contributed by atoms with Crippen molar-refractivity contribution in [1.82, 2.24) is 4.98 Å². The van der Waals surface area contributed by atoms with Crippen LogP contribution in [-0.4, -0.2) is 38.3 Å². The fourth-order valence-electron chi connectivity index (χ4n) is 3.02. The Kier molecular flexibility index (Phi) is 6.83. The minimum Gasteiger partial charge on any atom is -0.497 e. The van der Waals surface area contributed by atoms with E-state index in [2.05, 4.69) is 10.3 Å². The molecule has 31 heavy (non-hydrogen) atoms. The molecule has 162 valence electrons. The van der Waals surface area contributed by atoms with Crippen LogP contribution in [0, 0.1) is 0 Å². The van der Waals surface area contributed by atoms with Gasteiger partial charge >= 0.3 is 0 Å². The molecule has 0 atom stereocenters. The van der Waals surface area contributed by atoms with Gasteiger partial charge in [-0.2, -0.15) is 0 Å². The first-order valence-electron chi connectivity index (χ1n) is 9.61. The highest BCUT2D eigenvalue weighted by atomic mass is 32.2. The summed E-state index contributed by atoms with van der Waals surface area (Å²) < 4.78 is 22.6. The van der Waals surface area contributed by atoms with E-state index in [0.29, 0.717) is 30.4 Å². The van der Waals surface area contributed by atoms with Crippen LogP contribution in [0.3, 0.4) is 0 Å². The number of hydrogen-bond acceptors (Lipinski definition) is 8. The number of hydrogen-bond donors (Lipinski definition) is 1. The Bertz CT molecular complexity index is 1050. The van der Waals surface area contributed by atoms with Gasteiger partial charge in [0.2, 0.25) is 5.91 Å². The number of benzene rings is 2. The Morgan fingerprint density at radius 1 is 1.10 bits per heavy atom. The maximum atomic E-state index is 12.4. The number of nitrogens with zero attached hydrogens (tertiary/aromatic N) is 1. The molecule has 3 aromatic rings. The van der Waals surface area contributed by atoms with Crippen molar-refractivity contribution in [3.05, 3.63) is 53.0 Å². The van der Waals surface area contributed by atoms with Crippen LogP contribution in [0.5, 0.6) is 23.0 Å². The highest BCUT2D eigenvalue weighted by Crippen LogP contribution is 2.33. The van der Waals surface area contributed by atoms with E-state index in [-0.39, 0.29) is 12.3 Å². The molecule has 2 aromatic carbocycles. The van der Waals surface area contributed by atoms with Crippen LogP contribution in [0.4, 0.5) is 5.69 Å². The van der Waals surface area contributed by atoms with E-state index < -0.39 is 0 Å². The van der Waals surface area contributed by atoms with Crippen LogP contribution in [0.15, 0.2) is 46.1 Å². The number of carbonyl (C=O) groups is 1. The maximum absolute atomic E-state index is 12.4. The normalized spacial score (nSPS) is 12.3. The molecule has 1 aliphatic heterocycles. The smallest absolute Gasteiger partial charge is 0.230 e. The van der Waals surface area contributed by atoms with Crippen LogP contribution < -0.4 is 24.3 Å². The summed E-state index contributed by atoms with van der Waals surface area (Å²) in [5.74, 6) is 3.45. The highest BCUT2D eigenvalue weighted by Gasteiger charge is 2.14. The monoisotopic (exact) mass is 458 g/mol. The molecule has 9 heteroatoms. The summed E-state index contributed by atoms with van der Waals surface area (Å²) in [4.78, 5) is 17.0. The summed E-state index contributed by atoms with van der Waals surface area (Å²) in [6, 6.07) is 11.2. The largest absolute Gasteiger partial charge is 0.497 e. The quantitative estimate of drug-likeness (QED) is 0.501. The second-order valence-corrected chi connectivity index (χ2v) is 8.78. The third-order valence-electron chi connectivity index (χ3n) is 4.47. The van der Waals surface area contributed by atoms with Gasteiger partial charge in [-0.3, -0.25) is 4.79 Å². The van der Waals surface area contributed by atoms with Gasteiger partial charge in [-0.15, -0.1) is 11.3 Å². The number of thiazole rings is 1. The number of fused-ring (bicyclic) bond motifs is 1. The first-order valence-corrected chi connectivity index (χ1v) is 11.5. The predicted octanol–water partition coefficient (Wildman–Crippen LogP) is 4.41. The van der Waals surface area contributed by atoms with E-state index in [4.69, 9.17) is 18.9 Å². The third kappa shape index (κ3) is 5.62. The molecule has 1 N–H and O–H groups in total. The van der Waals surface area contributed by atoms with E-state index in [9.17, 15) is 4.79 Å². The van der Waals surface area contributed by atoms with Gasteiger partial charge in [0.1, 0.15) is 29.1 Å². The standard InChI is InChI=1S/C22H22N2O5S2/c1-26-17-7-14(8-18(11-17)27-2)12-30-22-24-16(13-31-22)10-21(25)23-15-3-4-19-20(9-15)29-6-5-28-19/h3-4,7-9,11,13H,5-6,10,12H2,1-2H3,(H,23,25). The van der Waals surface area contributed by atoms with Gasteiger partial charge in [0.25, 0.3) is 0 Å². The second-order valence-electron chi connectivity index (χ2n) is 6.70. The molecule has 0 bridgehead atoms. The molecule has 1 aliphatic rings. The van der Waals surface area contributed by atoms with E-state index in [0.717, 1.165) is 32.8 Å². The Hall–Kier alpha value is -2.91. The Labute approximate surface area is 188 Å². The SMILES string of the molecule is COc1cc(CSc2nc(CC(=O)Nc3ccc4c(c3)OCCO4)cs2)cc(OC)c1. The van der Waals surface area contributed by atoms with E-state index in [1.807, 2.05) is 23.6 Å². The van der Waals surface area contributed by atoms with Crippen molar-refractivity contribution in [1.29, 1.82) is 0 Å². The van der Waals surface area contributed by atoms with Crippen LogP contribution in [-0.2, 0) is 17.0 Å². The van der Waals surface area contributed by atoms with Crippen molar-refractivity contribution in [2.75, 3.05) is 32.8 Å². The minimum atomic E-state index is -0.129. The van der Waals surface area contributed by atoms with Crippen molar-refractivity contribution in [3.8, 4) is 23.0 Å². The second kappa shape index (κ2) is 9.93. The molecule has 2 heterocycles. The zero-order valence-electron chi connectivity index (χ0n) is 17.2. The topological polar surface area (TPSA) is 78.9 Å². The van der Waals surface area contributed by atoms with Crippen LogP contribution in [0.1, 0.15) is 11.3 Å². The van der Waals surface area contributed by atoms with E-state index in [1.54, 1.807) is 44.2 Å². The van der Waals surface area contributed by atoms with E-state index in [1.165, 1.54) is 11.3 Å². The number of amides is 1. The van der Waals surface area contributed by atoms with Gasteiger partial charge in [-0.05, 0) is 29.8 Å². The third-order valence-corrected chi connectivity index (χ3v) is 6.61. The summed E-state index contributed by atoms with van der Waals surface area (Å²) in [6.45, 7) is 1.04. The Balaban J connectivity index is 1.32. The fraction of sp³-hybridized carbons (Fsp3) is 0.273. The van der Waals surface area contributed by atoms with Gasteiger partial charge < -0.3 is 24.3 Å². The zero-order valence-corrected chi connectivity index (χ0v) is 18.8. The van der Waals surface area contributed by atoms with Crippen molar-refractivity contribution in [2.24, 2.45) is 0 Å². The number of methoxy groups -OCH3 is 2. The number of nitrogens with one attached hydrogen (secondary N) is 1. The van der Waals surface area contributed by atoms with E-state index >= 15 is 0 Å². The lowest BCUT2D eigenvalue weighted by molar-refractivity contribution is -0.115. The molecule has 0 spiro atoms. The average Bonchev–Trinajstić information content (AvgIpc) is 3.24. The number of anilines is 1. The van der Waals surface area contributed by atoms with Gasteiger partial charge in [0.15, 0.2) is 11.5 Å². The number of ether oxygens (including phenoxy) is 4. The number of aromatic nitrogens is 1. The summed E-state index contributed by atoms with van der Waals surface area (Å²) in [5, 5.41) is 4.80. The summed E-state index contributed by atoms with van der Waals surface area (Å²) in [6.07, 6.45) is 0.207. The summed E-state index contributed by atoms with van der Waals surface area (Å²) in [5.41, 5.74) is 2.49. The Morgan fingerprint density at radius 2 is 1.84 bits per heavy atom. The molecular formula is C22H22N2O5S2. The van der Waals surface area contributed by atoms with Gasteiger partial charge in [0.05, 0.1) is 26.3 Å². The average molecular weight is 459 g/mol. The molecule has 0 unspecified atom stereocenters. The molecule has 0 radical (unpaired) electrons. The highest BCUT2D eigenvalue weighted by molar-refractivity contribution is 8.00. The molecule has 4 rings (SSSR count).